The SMILES string of the molecule is CN(Cc1ccc2c(c1)OCCO2)C(=O)COC(=O)c1ccc2c(c1)CCC2. The average Bonchev–Trinajstić information content (AvgIpc) is 3.19. The highest BCUT2D eigenvalue weighted by molar-refractivity contribution is 5.91. The fourth-order valence-corrected chi connectivity index (χ4v) is 3.57. The molecule has 6 nitrogen and oxygen atoms in total. The number of rotatable bonds is 5. The Balaban J connectivity index is 1.31. The number of carbonyl (C=O) groups excluding carboxylic acids is 2. The second kappa shape index (κ2) is 7.92. The van der Waals surface area contributed by atoms with Crippen LogP contribution in [0.1, 0.15) is 33.5 Å². The minimum Gasteiger partial charge on any atom is -0.486 e. The summed E-state index contributed by atoms with van der Waals surface area (Å²) in [4.78, 5) is 26.1. The maximum atomic E-state index is 12.4. The second-order valence-electron chi connectivity index (χ2n) is 7.14. The number of hydrogen-bond donors (Lipinski definition) is 0. The predicted molar refractivity (Wildman–Crippen MR) is 103 cm³/mol. The molecule has 6 heteroatoms. The van der Waals surface area contributed by atoms with E-state index in [1.807, 2.05) is 30.3 Å². The molecule has 0 radical (unpaired) electrons. The van der Waals surface area contributed by atoms with Gasteiger partial charge in [-0.15, -0.1) is 0 Å². The Morgan fingerprint density at radius 1 is 1.00 bits per heavy atom. The van der Waals surface area contributed by atoms with Crippen molar-refractivity contribution in [3.63, 3.8) is 0 Å². The van der Waals surface area contributed by atoms with Gasteiger partial charge in [0, 0.05) is 13.6 Å². The van der Waals surface area contributed by atoms with Gasteiger partial charge in [0.25, 0.3) is 5.91 Å². The molecule has 0 unspecified atom stereocenters. The normalized spacial score (nSPS) is 14.3. The van der Waals surface area contributed by atoms with Crippen molar-refractivity contribution in [3.8, 4) is 11.5 Å². The lowest BCUT2D eigenvalue weighted by atomic mass is 10.1. The molecule has 1 amide bonds. The monoisotopic (exact) mass is 381 g/mol. The summed E-state index contributed by atoms with van der Waals surface area (Å²) < 4.78 is 16.3. The van der Waals surface area contributed by atoms with E-state index in [2.05, 4.69) is 0 Å². The van der Waals surface area contributed by atoms with E-state index in [4.69, 9.17) is 14.2 Å². The molecule has 4 rings (SSSR count). The first-order valence-corrected chi connectivity index (χ1v) is 9.51. The van der Waals surface area contributed by atoms with Gasteiger partial charge in [-0.2, -0.15) is 0 Å². The van der Waals surface area contributed by atoms with Crippen LogP contribution in [-0.2, 0) is 28.9 Å². The number of fused-ring (bicyclic) bond motifs is 2. The van der Waals surface area contributed by atoms with Gasteiger partial charge in [0.1, 0.15) is 13.2 Å². The van der Waals surface area contributed by atoms with Crippen LogP contribution in [0.15, 0.2) is 36.4 Å². The topological polar surface area (TPSA) is 65.1 Å². The molecule has 0 aromatic heterocycles. The smallest absolute Gasteiger partial charge is 0.338 e. The number of carbonyl (C=O) groups is 2. The highest BCUT2D eigenvalue weighted by Gasteiger charge is 2.18. The van der Waals surface area contributed by atoms with Crippen LogP contribution in [0.3, 0.4) is 0 Å². The Morgan fingerprint density at radius 2 is 1.79 bits per heavy atom. The predicted octanol–water partition coefficient (Wildman–Crippen LogP) is 2.76. The minimum absolute atomic E-state index is 0.260. The van der Waals surface area contributed by atoms with E-state index in [1.165, 1.54) is 16.0 Å². The van der Waals surface area contributed by atoms with Gasteiger partial charge in [0.15, 0.2) is 18.1 Å². The molecule has 2 aromatic rings. The third-order valence-electron chi connectivity index (χ3n) is 5.11. The highest BCUT2D eigenvalue weighted by atomic mass is 16.6. The summed E-state index contributed by atoms with van der Waals surface area (Å²) in [5, 5.41) is 0. The first-order valence-electron chi connectivity index (χ1n) is 9.51. The van der Waals surface area contributed by atoms with Crippen molar-refractivity contribution in [2.45, 2.75) is 25.8 Å². The molecule has 2 aliphatic rings. The lowest BCUT2D eigenvalue weighted by Gasteiger charge is -2.21. The van der Waals surface area contributed by atoms with Gasteiger partial charge in [-0.1, -0.05) is 12.1 Å². The van der Waals surface area contributed by atoms with E-state index in [0.717, 1.165) is 24.8 Å². The van der Waals surface area contributed by atoms with Gasteiger partial charge in [-0.3, -0.25) is 4.79 Å². The molecule has 0 fully saturated rings. The van der Waals surface area contributed by atoms with Crippen molar-refractivity contribution in [1.29, 1.82) is 0 Å². The molecule has 0 N–H and O–H groups in total. The maximum Gasteiger partial charge on any atom is 0.338 e. The fraction of sp³-hybridized carbons (Fsp3) is 0.364. The summed E-state index contributed by atoms with van der Waals surface area (Å²) in [6.07, 6.45) is 3.18. The zero-order chi connectivity index (χ0) is 19.5. The van der Waals surface area contributed by atoms with Crippen molar-refractivity contribution in [2.24, 2.45) is 0 Å². The van der Waals surface area contributed by atoms with Gasteiger partial charge in [-0.05, 0) is 60.2 Å². The number of ether oxygens (including phenoxy) is 3. The zero-order valence-corrected chi connectivity index (χ0v) is 15.9. The molecule has 28 heavy (non-hydrogen) atoms. The van der Waals surface area contributed by atoms with Crippen LogP contribution in [0.5, 0.6) is 11.5 Å². The van der Waals surface area contributed by atoms with Crippen LogP contribution < -0.4 is 9.47 Å². The summed E-state index contributed by atoms with van der Waals surface area (Å²) in [5.74, 6) is 0.681. The van der Waals surface area contributed by atoms with Gasteiger partial charge in [0.2, 0.25) is 0 Å². The summed E-state index contributed by atoms with van der Waals surface area (Å²) in [5.41, 5.74) is 3.93. The molecular weight excluding hydrogens is 358 g/mol. The molecule has 0 saturated carbocycles. The summed E-state index contributed by atoms with van der Waals surface area (Å²) in [7, 11) is 1.68. The minimum atomic E-state index is -0.462. The van der Waals surface area contributed by atoms with Crippen molar-refractivity contribution in [3.05, 3.63) is 58.7 Å². The molecule has 0 spiro atoms. The summed E-state index contributed by atoms with van der Waals surface area (Å²) in [6, 6.07) is 11.2. The van der Waals surface area contributed by atoms with Crippen molar-refractivity contribution in [1.82, 2.24) is 4.90 Å². The van der Waals surface area contributed by atoms with E-state index in [1.54, 1.807) is 13.1 Å². The van der Waals surface area contributed by atoms with Crippen LogP contribution in [-0.4, -0.2) is 43.6 Å². The van der Waals surface area contributed by atoms with Gasteiger partial charge in [0.05, 0.1) is 5.56 Å². The third kappa shape index (κ3) is 3.96. The van der Waals surface area contributed by atoms with Crippen molar-refractivity contribution < 1.29 is 23.8 Å². The third-order valence-corrected chi connectivity index (χ3v) is 5.11. The standard InChI is InChI=1S/C22H23NO5/c1-23(13-15-5-8-19-20(11-15)27-10-9-26-19)21(24)14-28-22(25)18-7-6-16-3-2-4-17(16)12-18/h5-8,11-12H,2-4,9-10,13-14H2,1H3. The van der Waals surface area contributed by atoms with Crippen LogP contribution in [0, 0.1) is 0 Å². The number of hydrogen-bond acceptors (Lipinski definition) is 5. The number of nitrogens with zero attached hydrogens (tertiary/aromatic N) is 1. The number of benzene rings is 2. The number of esters is 1. The summed E-state index contributed by atoms with van der Waals surface area (Å²) >= 11 is 0. The van der Waals surface area contributed by atoms with E-state index in [-0.39, 0.29) is 12.5 Å². The molecule has 1 aliphatic carbocycles. The van der Waals surface area contributed by atoms with Crippen LogP contribution in [0.4, 0.5) is 0 Å². The van der Waals surface area contributed by atoms with Crippen molar-refractivity contribution >= 4 is 11.9 Å². The largest absolute Gasteiger partial charge is 0.486 e. The Kier molecular flexibility index (Phi) is 5.19. The Hall–Kier alpha value is -3.02. The van der Waals surface area contributed by atoms with Gasteiger partial charge in [-0.25, -0.2) is 4.79 Å². The fourth-order valence-electron chi connectivity index (χ4n) is 3.57. The first kappa shape index (κ1) is 18.3. The highest BCUT2D eigenvalue weighted by Crippen LogP contribution is 2.31. The Bertz CT molecular complexity index is 908. The van der Waals surface area contributed by atoms with E-state index in [9.17, 15) is 9.59 Å². The quantitative estimate of drug-likeness (QED) is 0.745. The molecular formula is C22H23NO5. The molecule has 0 saturated heterocycles. The molecule has 0 bridgehead atoms. The Labute approximate surface area is 164 Å². The van der Waals surface area contributed by atoms with E-state index >= 15 is 0 Å². The molecule has 1 heterocycles. The number of aryl methyl sites for hydroxylation is 2. The van der Waals surface area contributed by atoms with Crippen molar-refractivity contribution in [2.75, 3.05) is 26.9 Å². The average molecular weight is 381 g/mol. The number of amides is 1. The lowest BCUT2D eigenvalue weighted by Crippen LogP contribution is -2.31. The number of likely N-dealkylation sites (N-methyl/N-ethyl adjacent to an activating group) is 1. The van der Waals surface area contributed by atoms with Gasteiger partial charge < -0.3 is 19.1 Å². The zero-order valence-electron chi connectivity index (χ0n) is 15.9. The summed E-state index contributed by atoms with van der Waals surface area (Å²) in [6.45, 7) is 1.17. The lowest BCUT2D eigenvalue weighted by molar-refractivity contribution is -0.133. The molecule has 1 aliphatic heterocycles. The maximum absolute atomic E-state index is 12.4. The van der Waals surface area contributed by atoms with E-state index in [0.29, 0.717) is 36.8 Å². The molecule has 0 atom stereocenters. The van der Waals surface area contributed by atoms with Crippen LogP contribution >= 0.6 is 0 Å². The first-order chi connectivity index (χ1) is 13.6. The van der Waals surface area contributed by atoms with E-state index < -0.39 is 5.97 Å². The van der Waals surface area contributed by atoms with Crippen LogP contribution in [0.2, 0.25) is 0 Å². The molecule has 2 aromatic carbocycles. The second-order valence-corrected chi connectivity index (χ2v) is 7.14. The molecule has 146 valence electrons. The van der Waals surface area contributed by atoms with Crippen LogP contribution in [0.25, 0.3) is 0 Å². The van der Waals surface area contributed by atoms with Gasteiger partial charge >= 0.3 is 5.97 Å². The Morgan fingerprint density at radius 3 is 2.64 bits per heavy atom.